The Labute approximate surface area is 103 Å². The van der Waals surface area contributed by atoms with E-state index in [1.807, 2.05) is 0 Å². The predicted molar refractivity (Wildman–Crippen MR) is 70.7 cm³/mol. The van der Waals surface area contributed by atoms with Crippen LogP contribution in [0.5, 0.6) is 0 Å². The summed E-state index contributed by atoms with van der Waals surface area (Å²) in [7, 11) is -3.10. The summed E-state index contributed by atoms with van der Waals surface area (Å²) >= 11 is 0. The molecule has 1 rings (SSSR count). The Morgan fingerprint density at radius 2 is 1.94 bits per heavy atom. The number of hydrogen-bond donors (Lipinski definition) is 1. The molecule has 0 radical (unpaired) electrons. The van der Waals surface area contributed by atoms with Crippen LogP contribution in [0.3, 0.4) is 0 Å². The van der Waals surface area contributed by atoms with Crippen molar-refractivity contribution in [1.29, 1.82) is 0 Å². The van der Waals surface area contributed by atoms with Gasteiger partial charge in [-0.3, -0.25) is 0 Å². The van der Waals surface area contributed by atoms with Gasteiger partial charge in [-0.05, 0) is 30.7 Å². The topological polar surface area (TPSA) is 46.2 Å². The first kappa shape index (κ1) is 13.6. The van der Waals surface area contributed by atoms with Crippen LogP contribution >= 0.6 is 0 Å². The van der Waals surface area contributed by atoms with Gasteiger partial charge < -0.3 is 5.32 Å². The molecule has 0 fully saturated rings. The highest BCUT2D eigenvalue weighted by atomic mass is 32.2. The number of hydrogen-bond acceptors (Lipinski definition) is 3. The van der Waals surface area contributed by atoms with Crippen LogP contribution in [0, 0.1) is 12.3 Å². The van der Waals surface area contributed by atoms with Gasteiger partial charge in [-0.15, -0.1) is 12.3 Å². The van der Waals surface area contributed by atoms with Crippen molar-refractivity contribution in [2.24, 2.45) is 0 Å². The lowest BCUT2D eigenvalue weighted by molar-refractivity contribution is 0.597. The number of sulfone groups is 1. The average Bonchev–Trinajstić information content (AvgIpc) is 2.35. The number of rotatable bonds is 6. The second kappa shape index (κ2) is 6.31. The maximum atomic E-state index is 11.6. The molecule has 0 atom stereocenters. The van der Waals surface area contributed by atoms with Crippen molar-refractivity contribution in [3.8, 4) is 12.3 Å². The zero-order chi connectivity index (χ0) is 12.7. The Balaban J connectivity index is 2.60. The molecule has 1 N–H and O–H groups in total. The van der Waals surface area contributed by atoms with Gasteiger partial charge in [0.2, 0.25) is 0 Å². The molecule has 1 aromatic rings. The summed E-state index contributed by atoms with van der Waals surface area (Å²) in [5, 5.41) is 3.19. The van der Waals surface area contributed by atoms with Gasteiger partial charge in [-0.25, -0.2) is 8.42 Å². The zero-order valence-corrected chi connectivity index (χ0v) is 10.8. The quantitative estimate of drug-likeness (QED) is 0.623. The van der Waals surface area contributed by atoms with Gasteiger partial charge in [0.1, 0.15) is 0 Å². The molecular weight excluding hydrogens is 234 g/mol. The fourth-order valence-corrected chi connectivity index (χ4v) is 2.25. The molecule has 0 amide bonds. The summed E-state index contributed by atoms with van der Waals surface area (Å²) in [5.41, 5.74) is 0.914. The smallest absolute Gasteiger partial charge is 0.178 e. The molecule has 0 saturated carbocycles. The molecule has 0 unspecified atom stereocenters. The van der Waals surface area contributed by atoms with Crippen LogP contribution in [0.15, 0.2) is 29.2 Å². The molecule has 4 heteroatoms. The predicted octanol–water partition coefficient (Wildman–Crippen LogP) is 2.31. The van der Waals surface area contributed by atoms with E-state index in [0.29, 0.717) is 4.90 Å². The Kier molecular flexibility index (Phi) is 5.05. The minimum atomic E-state index is -3.10. The minimum Gasteiger partial charge on any atom is -0.385 e. The molecule has 0 heterocycles. The molecule has 1 aromatic carbocycles. The second-order valence-electron chi connectivity index (χ2n) is 3.66. The fourth-order valence-electron chi connectivity index (χ4n) is 1.37. The molecule has 0 aliphatic rings. The first-order valence-corrected chi connectivity index (χ1v) is 7.25. The van der Waals surface area contributed by atoms with Crippen molar-refractivity contribution in [3.05, 3.63) is 24.3 Å². The first-order valence-electron chi connectivity index (χ1n) is 5.60. The van der Waals surface area contributed by atoms with Crippen molar-refractivity contribution < 1.29 is 8.42 Å². The van der Waals surface area contributed by atoms with Gasteiger partial charge in [0, 0.05) is 18.7 Å². The van der Waals surface area contributed by atoms with Gasteiger partial charge >= 0.3 is 0 Å². The van der Waals surface area contributed by atoms with Crippen molar-refractivity contribution >= 4 is 15.5 Å². The summed E-state index contributed by atoms with van der Waals surface area (Å²) < 4.78 is 23.1. The van der Waals surface area contributed by atoms with Crippen LogP contribution in [-0.4, -0.2) is 20.7 Å². The second-order valence-corrected chi connectivity index (χ2v) is 5.94. The van der Waals surface area contributed by atoms with E-state index < -0.39 is 9.84 Å². The summed E-state index contributed by atoms with van der Waals surface area (Å²) in [6, 6.07) is 6.81. The average molecular weight is 251 g/mol. The van der Waals surface area contributed by atoms with Crippen molar-refractivity contribution in [2.45, 2.75) is 24.7 Å². The fraction of sp³-hybridized carbons (Fsp3) is 0.385. The third-order valence-corrected chi connectivity index (χ3v) is 4.17. The van der Waals surface area contributed by atoms with Gasteiger partial charge in [-0.2, -0.15) is 0 Å². The van der Waals surface area contributed by atoms with Crippen molar-refractivity contribution in [1.82, 2.24) is 0 Å². The largest absolute Gasteiger partial charge is 0.385 e. The summed E-state index contributed by atoms with van der Waals surface area (Å²) in [6.45, 7) is 2.44. The van der Waals surface area contributed by atoms with E-state index in [0.717, 1.165) is 25.1 Å². The van der Waals surface area contributed by atoms with Crippen molar-refractivity contribution in [3.63, 3.8) is 0 Å². The molecule has 92 valence electrons. The van der Waals surface area contributed by atoms with E-state index in [9.17, 15) is 8.42 Å². The lowest BCUT2D eigenvalue weighted by Crippen LogP contribution is -2.04. The summed E-state index contributed by atoms with van der Waals surface area (Å²) in [5.74, 6) is 2.70. The molecule has 0 saturated heterocycles. The van der Waals surface area contributed by atoms with E-state index in [4.69, 9.17) is 6.42 Å². The molecule has 0 spiro atoms. The van der Waals surface area contributed by atoms with E-state index >= 15 is 0 Å². The molecule has 3 nitrogen and oxygen atoms in total. The summed E-state index contributed by atoms with van der Waals surface area (Å²) in [4.78, 5) is 0.370. The normalized spacial score (nSPS) is 10.8. The van der Waals surface area contributed by atoms with Crippen LogP contribution < -0.4 is 5.32 Å². The molecule has 0 aliphatic heterocycles. The van der Waals surface area contributed by atoms with Crippen LogP contribution in [0.4, 0.5) is 5.69 Å². The van der Waals surface area contributed by atoms with Gasteiger partial charge in [0.15, 0.2) is 9.84 Å². The summed E-state index contributed by atoms with van der Waals surface area (Å²) in [6.07, 6.45) is 6.80. The van der Waals surface area contributed by atoms with E-state index in [1.54, 1.807) is 31.2 Å². The Morgan fingerprint density at radius 3 is 2.47 bits per heavy atom. The van der Waals surface area contributed by atoms with Crippen LogP contribution in [0.2, 0.25) is 0 Å². The molecular formula is C13H17NO2S. The number of unbranched alkanes of at least 4 members (excludes halogenated alkanes) is 1. The number of benzene rings is 1. The number of nitrogens with one attached hydrogen (secondary N) is 1. The van der Waals surface area contributed by atoms with Gasteiger partial charge in [0.05, 0.1) is 10.6 Å². The highest BCUT2D eigenvalue weighted by molar-refractivity contribution is 7.91. The highest BCUT2D eigenvalue weighted by Crippen LogP contribution is 2.15. The van der Waals surface area contributed by atoms with E-state index in [-0.39, 0.29) is 5.75 Å². The van der Waals surface area contributed by atoms with Gasteiger partial charge in [-0.1, -0.05) is 6.92 Å². The number of anilines is 1. The van der Waals surface area contributed by atoms with Gasteiger partial charge in [0.25, 0.3) is 0 Å². The van der Waals surface area contributed by atoms with Crippen LogP contribution in [0.25, 0.3) is 0 Å². The molecule has 0 aromatic heterocycles. The van der Waals surface area contributed by atoms with Crippen molar-refractivity contribution in [2.75, 3.05) is 17.6 Å². The SMILES string of the molecule is C#CCCCNc1ccc(S(=O)(=O)CC)cc1. The minimum absolute atomic E-state index is 0.127. The Hall–Kier alpha value is -1.47. The first-order chi connectivity index (χ1) is 8.10. The lowest BCUT2D eigenvalue weighted by atomic mass is 10.3. The molecule has 0 aliphatic carbocycles. The zero-order valence-electron chi connectivity index (χ0n) is 9.94. The molecule has 17 heavy (non-hydrogen) atoms. The monoisotopic (exact) mass is 251 g/mol. The maximum Gasteiger partial charge on any atom is 0.178 e. The third-order valence-electron chi connectivity index (χ3n) is 2.42. The maximum absolute atomic E-state index is 11.6. The van der Waals surface area contributed by atoms with E-state index in [2.05, 4.69) is 11.2 Å². The Bertz CT molecular complexity index is 483. The lowest BCUT2D eigenvalue weighted by Gasteiger charge is -2.06. The molecule has 0 bridgehead atoms. The van der Waals surface area contributed by atoms with Crippen LogP contribution in [0.1, 0.15) is 19.8 Å². The number of terminal acetylenes is 1. The highest BCUT2D eigenvalue weighted by Gasteiger charge is 2.10. The van der Waals surface area contributed by atoms with Crippen LogP contribution in [-0.2, 0) is 9.84 Å². The van der Waals surface area contributed by atoms with E-state index in [1.165, 1.54) is 0 Å². The standard InChI is InChI=1S/C13H17NO2S/c1-3-5-6-11-14-12-7-9-13(10-8-12)17(15,16)4-2/h1,7-10,14H,4-6,11H2,2H3. The Morgan fingerprint density at radius 1 is 1.29 bits per heavy atom. The third kappa shape index (κ3) is 4.12.